The van der Waals surface area contributed by atoms with E-state index in [4.69, 9.17) is 4.74 Å². The van der Waals surface area contributed by atoms with Gasteiger partial charge in [-0.15, -0.1) is 11.3 Å². The average molecular weight is 456 g/mol. The van der Waals surface area contributed by atoms with E-state index in [1.807, 2.05) is 30.9 Å². The van der Waals surface area contributed by atoms with E-state index in [1.54, 1.807) is 0 Å². The number of nitrogens with zero attached hydrogens (tertiary/aromatic N) is 1. The van der Waals surface area contributed by atoms with Gasteiger partial charge in [-0.2, -0.15) is 0 Å². The Balaban J connectivity index is 1.51. The zero-order valence-corrected chi connectivity index (χ0v) is 20.6. The van der Waals surface area contributed by atoms with Gasteiger partial charge in [0, 0.05) is 23.0 Å². The van der Waals surface area contributed by atoms with Crippen molar-refractivity contribution >= 4 is 28.9 Å². The van der Waals surface area contributed by atoms with Crippen molar-refractivity contribution in [3.63, 3.8) is 0 Å². The molecule has 0 spiro atoms. The maximum Gasteiger partial charge on any atom is 0.348 e. The Kier molecular flexibility index (Phi) is 9.34. The first-order valence-corrected chi connectivity index (χ1v) is 13.0. The fourth-order valence-corrected chi connectivity index (χ4v) is 5.29. The van der Waals surface area contributed by atoms with E-state index in [1.165, 1.54) is 47.5 Å². The minimum Gasteiger partial charge on any atom is -0.459 e. The molecular formula is C27H37NO3S. The summed E-state index contributed by atoms with van der Waals surface area (Å²) in [5.74, 6) is -0.00170. The van der Waals surface area contributed by atoms with Crippen LogP contribution in [0, 0.1) is 0 Å². The number of rotatable bonds is 12. The lowest BCUT2D eigenvalue weighted by atomic mass is 10.0. The van der Waals surface area contributed by atoms with Gasteiger partial charge in [0.25, 0.3) is 0 Å². The van der Waals surface area contributed by atoms with Gasteiger partial charge in [0.2, 0.25) is 5.91 Å². The van der Waals surface area contributed by atoms with Crippen molar-refractivity contribution < 1.29 is 14.3 Å². The Labute approximate surface area is 197 Å². The molecule has 0 radical (unpaired) electrons. The number of carbonyl (C=O) groups is 2. The van der Waals surface area contributed by atoms with Crippen molar-refractivity contribution in [3.05, 3.63) is 51.7 Å². The van der Waals surface area contributed by atoms with E-state index >= 15 is 0 Å². The molecule has 174 valence electrons. The van der Waals surface area contributed by atoms with Gasteiger partial charge in [0.05, 0.1) is 6.10 Å². The molecule has 5 heteroatoms. The number of thiophene rings is 1. The lowest BCUT2D eigenvalue weighted by Gasteiger charge is -2.25. The van der Waals surface area contributed by atoms with Crippen LogP contribution >= 0.6 is 11.3 Å². The number of ether oxygens (including phenoxy) is 1. The summed E-state index contributed by atoms with van der Waals surface area (Å²) >= 11 is 1.52. The van der Waals surface area contributed by atoms with Crippen LogP contribution in [0.2, 0.25) is 0 Å². The third-order valence-electron chi connectivity index (χ3n) is 6.02. The third kappa shape index (κ3) is 6.93. The first-order valence-electron chi connectivity index (χ1n) is 12.2. The summed E-state index contributed by atoms with van der Waals surface area (Å²) in [5.41, 5.74) is 2.39. The number of unbranched alkanes of at least 4 members (excludes halogenated alkanes) is 3. The molecule has 0 N–H and O–H groups in total. The van der Waals surface area contributed by atoms with Crippen LogP contribution in [0.5, 0.6) is 0 Å². The molecule has 0 unspecified atom stereocenters. The molecule has 1 aliphatic rings. The monoisotopic (exact) mass is 455 g/mol. The highest BCUT2D eigenvalue weighted by Crippen LogP contribution is 2.30. The third-order valence-corrected chi connectivity index (χ3v) is 7.15. The number of carbonyl (C=O) groups excluding carboxylic acids is 2. The van der Waals surface area contributed by atoms with Gasteiger partial charge in [-0.25, -0.2) is 4.79 Å². The van der Waals surface area contributed by atoms with Crippen molar-refractivity contribution in [2.45, 2.75) is 97.1 Å². The largest absolute Gasteiger partial charge is 0.459 e. The predicted octanol–water partition coefficient (Wildman–Crippen LogP) is 6.95. The minimum atomic E-state index is -0.238. The summed E-state index contributed by atoms with van der Waals surface area (Å²) < 4.78 is 5.28. The second-order valence-electron chi connectivity index (χ2n) is 9.05. The molecule has 2 heterocycles. The number of hydrogen-bond donors (Lipinski definition) is 0. The molecule has 1 aromatic carbocycles. The number of hydrogen-bond acceptors (Lipinski definition) is 4. The number of amides is 1. The fraction of sp³-hybridized carbons (Fsp3) is 0.556. The summed E-state index contributed by atoms with van der Waals surface area (Å²) in [6.07, 6.45) is 10.6. The Bertz CT molecular complexity index is 871. The van der Waals surface area contributed by atoms with Crippen molar-refractivity contribution in [1.82, 2.24) is 0 Å². The van der Waals surface area contributed by atoms with Crippen LogP contribution in [0.3, 0.4) is 0 Å². The minimum absolute atomic E-state index is 0.103. The van der Waals surface area contributed by atoms with E-state index < -0.39 is 0 Å². The lowest BCUT2D eigenvalue weighted by molar-refractivity contribution is -0.117. The quantitative estimate of drug-likeness (QED) is 0.257. The zero-order chi connectivity index (χ0) is 22.9. The maximum atomic E-state index is 12.6. The normalized spacial score (nSPS) is 16.2. The Hall–Kier alpha value is -2.14. The molecule has 1 amide bonds. The molecule has 3 rings (SSSR count). The van der Waals surface area contributed by atoms with Gasteiger partial charge in [-0.05, 0) is 82.2 Å². The predicted molar refractivity (Wildman–Crippen MR) is 133 cm³/mol. The van der Waals surface area contributed by atoms with Gasteiger partial charge in [0.1, 0.15) is 4.88 Å². The average Bonchev–Trinajstić information content (AvgIpc) is 3.38. The number of aryl methyl sites for hydroxylation is 2. The van der Waals surface area contributed by atoms with Gasteiger partial charge in [-0.3, -0.25) is 4.79 Å². The van der Waals surface area contributed by atoms with Crippen LogP contribution in [-0.2, 0) is 22.4 Å². The van der Waals surface area contributed by atoms with E-state index in [2.05, 4.69) is 31.2 Å². The highest BCUT2D eigenvalue weighted by atomic mass is 32.1. The fourth-order valence-electron chi connectivity index (χ4n) is 4.36. The van der Waals surface area contributed by atoms with E-state index in [0.717, 1.165) is 37.8 Å². The molecule has 2 aromatic rings. The maximum absolute atomic E-state index is 12.6. The van der Waals surface area contributed by atoms with Gasteiger partial charge in [-0.1, -0.05) is 38.3 Å². The molecule has 4 nitrogen and oxygen atoms in total. The summed E-state index contributed by atoms with van der Waals surface area (Å²) in [6.45, 7) is 5.96. The smallest absolute Gasteiger partial charge is 0.348 e. The van der Waals surface area contributed by atoms with Crippen LogP contribution in [0.25, 0.3) is 0 Å². The molecule has 0 saturated carbocycles. The van der Waals surface area contributed by atoms with Crippen LogP contribution < -0.4 is 4.90 Å². The van der Waals surface area contributed by atoms with Gasteiger partial charge >= 0.3 is 5.97 Å². The summed E-state index contributed by atoms with van der Waals surface area (Å²) in [5, 5.41) is 0. The molecule has 1 saturated heterocycles. The number of esters is 1. The summed E-state index contributed by atoms with van der Waals surface area (Å²) in [7, 11) is 0. The molecule has 0 bridgehead atoms. The van der Waals surface area contributed by atoms with E-state index in [9.17, 15) is 9.59 Å². The van der Waals surface area contributed by atoms with Crippen molar-refractivity contribution in [2.75, 3.05) is 4.90 Å². The SMILES string of the molecule is CCCCCCc1ccc(N2C(=O)CC[C@@H]2CCCc2ccc(C(=O)OC(C)C)s2)cc1. The standard InChI is InChI=1S/C27H37NO3S/c1-4-5-6-7-9-21-12-14-23(15-13-21)28-22(16-19-26(28)29)10-8-11-24-17-18-25(32-24)27(30)31-20(2)3/h12-15,17-18,20,22H,4-11,16,19H2,1-3H3/t22-/m0/s1. The molecule has 1 aliphatic heterocycles. The zero-order valence-electron chi connectivity index (χ0n) is 19.8. The van der Waals surface area contributed by atoms with Crippen molar-refractivity contribution in [3.8, 4) is 0 Å². The van der Waals surface area contributed by atoms with Crippen molar-refractivity contribution in [1.29, 1.82) is 0 Å². The van der Waals surface area contributed by atoms with E-state index in [-0.39, 0.29) is 24.0 Å². The lowest BCUT2D eigenvalue weighted by Crippen LogP contribution is -2.32. The molecule has 1 fully saturated rings. The Morgan fingerprint density at radius 2 is 1.84 bits per heavy atom. The van der Waals surface area contributed by atoms with Crippen LogP contribution in [-0.4, -0.2) is 24.0 Å². The van der Waals surface area contributed by atoms with Crippen molar-refractivity contribution in [2.24, 2.45) is 0 Å². The van der Waals surface area contributed by atoms with Crippen LogP contribution in [0.4, 0.5) is 5.69 Å². The number of benzene rings is 1. The second-order valence-corrected chi connectivity index (χ2v) is 10.2. The molecule has 1 aromatic heterocycles. The van der Waals surface area contributed by atoms with Gasteiger partial charge < -0.3 is 9.64 Å². The van der Waals surface area contributed by atoms with Crippen LogP contribution in [0.15, 0.2) is 36.4 Å². The number of anilines is 1. The molecular weight excluding hydrogens is 418 g/mol. The molecule has 0 aliphatic carbocycles. The Morgan fingerprint density at radius 3 is 2.56 bits per heavy atom. The summed E-state index contributed by atoms with van der Waals surface area (Å²) in [6, 6.07) is 12.8. The highest BCUT2D eigenvalue weighted by Gasteiger charge is 2.31. The first-order chi connectivity index (χ1) is 15.5. The van der Waals surface area contributed by atoms with E-state index in [0.29, 0.717) is 11.3 Å². The first kappa shape index (κ1) is 24.5. The molecule has 1 atom stereocenters. The molecule has 32 heavy (non-hydrogen) atoms. The highest BCUT2D eigenvalue weighted by molar-refractivity contribution is 7.13. The second kappa shape index (κ2) is 12.2. The Morgan fingerprint density at radius 1 is 1.06 bits per heavy atom. The van der Waals surface area contributed by atoms with Gasteiger partial charge in [0.15, 0.2) is 0 Å². The topological polar surface area (TPSA) is 46.6 Å². The summed E-state index contributed by atoms with van der Waals surface area (Å²) in [4.78, 5) is 28.5. The van der Waals surface area contributed by atoms with Crippen LogP contribution in [0.1, 0.15) is 92.3 Å².